The molecule has 0 fully saturated rings. The molecule has 1 aromatic heterocycles. The molecule has 2 heteroatoms. The highest BCUT2D eigenvalue weighted by Gasteiger charge is 1.69. The first-order chi connectivity index (χ1) is 4.39. The van der Waals surface area contributed by atoms with Crippen molar-refractivity contribution in [2.75, 3.05) is 0 Å². The van der Waals surface area contributed by atoms with E-state index in [0.717, 1.165) is 0 Å². The third-order valence-electron chi connectivity index (χ3n) is 0.681. The quantitative estimate of drug-likeness (QED) is 0.516. The van der Waals surface area contributed by atoms with Crippen molar-refractivity contribution in [3.8, 4) is 0 Å². The zero-order valence-electron chi connectivity index (χ0n) is 5.13. The van der Waals surface area contributed by atoms with Gasteiger partial charge in [-0.25, -0.2) is 0 Å². The van der Waals surface area contributed by atoms with Gasteiger partial charge in [-0.2, -0.15) is 0 Å². The standard InChI is InChI=1S/C5H5NO.C2H4/c7-5-3-1-2-4-6-5;1-2/h1-4H,(H,6,7);1-2H2. The highest BCUT2D eigenvalue weighted by atomic mass is 16.1. The molecule has 0 aliphatic rings. The maximum Gasteiger partial charge on any atom is 0.247 e. The van der Waals surface area contributed by atoms with E-state index in [1.807, 2.05) is 0 Å². The van der Waals surface area contributed by atoms with Crippen molar-refractivity contribution < 1.29 is 0 Å². The summed E-state index contributed by atoms with van der Waals surface area (Å²) in [5.41, 5.74) is -0.0532. The number of pyridine rings is 1. The van der Waals surface area contributed by atoms with Crippen molar-refractivity contribution >= 4 is 0 Å². The lowest BCUT2D eigenvalue weighted by Crippen LogP contribution is -1.98. The molecular weight excluding hydrogens is 114 g/mol. The molecule has 0 radical (unpaired) electrons. The monoisotopic (exact) mass is 123 g/mol. The van der Waals surface area contributed by atoms with Crippen LogP contribution in [0.3, 0.4) is 0 Å². The van der Waals surface area contributed by atoms with Gasteiger partial charge >= 0.3 is 0 Å². The molecule has 1 rings (SSSR count). The van der Waals surface area contributed by atoms with Gasteiger partial charge < -0.3 is 4.98 Å². The van der Waals surface area contributed by atoms with E-state index in [4.69, 9.17) is 0 Å². The minimum absolute atomic E-state index is 0.0532. The summed E-state index contributed by atoms with van der Waals surface area (Å²) in [4.78, 5) is 12.7. The van der Waals surface area contributed by atoms with Gasteiger partial charge in [-0.1, -0.05) is 6.07 Å². The Bertz CT molecular complexity index is 187. The van der Waals surface area contributed by atoms with E-state index in [0.29, 0.717) is 0 Å². The van der Waals surface area contributed by atoms with Crippen molar-refractivity contribution in [1.82, 2.24) is 4.98 Å². The zero-order valence-corrected chi connectivity index (χ0v) is 5.13. The summed E-state index contributed by atoms with van der Waals surface area (Å²) in [6, 6.07) is 4.93. The van der Waals surface area contributed by atoms with Crippen molar-refractivity contribution in [3.63, 3.8) is 0 Å². The Morgan fingerprint density at radius 2 is 2.00 bits per heavy atom. The van der Waals surface area contributed by atoms with Gasteiger partial charge in [0.05, 0.1) is 0 Å². The lowest BCUT2D eigenvalue weighted by atomic mass is 10.5. The van der Waals surface area contributed by atoms with Gasteiger partial charge in [0.1, 0.15) is 0 Å². The molecular formula is C7H9NO. The van der Waals surface area contributed by atoms with Crippen molar-refractivity contribution in [2.24, 2.45) is 0 Å². The SMILES string of the molecule is C=C.O=c1cccc[nH]1. The van der Waals surface area contributed by atoms with Crippen LogP contribution in [0.25, 0.3) is 0 Å². The van der Waals surface area contributed by atoms with Gasteiger partial charge in [0, 0.05) is 12.3 Å². The van der Waals surface area contributed by atoms with Crippen LogP contribution < -0.4 is 5.56 Å². The lowest BCUT2D eigenvalue weighted by molar-refractivity contribution is 1.24. The van der Waals surface area contributed by atoms with Crippen molar-refractivity contribution in [3.05, 3.63) is 47.9 Å². The van der Waals surface area contributed by atoms with Crippen LogP contribution in [0.4, 0.5) is 0 Å². The second-order valence-corrected chi connectivity index (χ2v) is 1.23. The molecule has 1 N–H and O–H groups in total. The topological polar surface area (TPSA) is 32.9 Å². The van der Waals surface area contributed by atoms with Gasteiger partial charge in [-0.15, -0.1) is 13.2 Å². The first-order valence-electron chi connectivity index (χ1n) is 2.53. The number of rotatable bonds is 0. The molecule has 0 aliphatic heterocycles. The number of aromatic nitrogens is 1. The summed E-state index contributed by atoms with van der Waals surface area (Å²) >= 11 is 0. The van der Waals surface area contributed by atoms with E-state index in [2.05, 4.69) is 18.1 Å². The third-order valence-corrected chi connectivity index (χ3v) is 0.681. The van der Waals surface area contributed by atoms with Crippen molar-refractivity contribution in [1.29, 1.82) is 0 Å². The largest absolute Gasteiger partial charge is 0.329 e. The maximum absolute atomic E-state index is 10.2. The highest BCUT2D eigenvalue weighted by molar-refractivity contribution is 4.89. The molecule has 48 valence electrons. The summed E-state index contributed by atoms with van der Waals surface area (Å²) in [5.74, 6) is 0. The highest BCUT2D eigenvalue weighted by Crippen LogP contribution is 1.67. The second kappa shape index (κ2) is 4.84. The first kappa shape index (κ1) is 7.69. The van der Waals surface area contributed by atoms with E-state index >= 15 is 0 Å². The Balaban J connectivity index is 0.000000291. The Labute approximate surface area is 53.9 Å². The second-order valence-electron chi connectivity index (χ2n) is 1.23. The average molecular weight is 123 g/mol. The van der Waals surface area contributed by atoms with E-state index in [-0.39, 0.29) is 5.56 Å². The molecule has 1 aromatic rings. The van der Waals surface area contributed by atoms with Crippen molar-refractivity contribution in [2.45, 2.75) is 0 Å². The molecule has 0 aliphatic carbocycles. The number of hydrogen-bond acceptors (Lipinski definition) is 1. The predicted octanol–water partition coefficient (Wildman–Crippen LogP) is 1.18. The van der Waals surface area contributed by atoms with Gasteiger partial charge in [0.15, 0.2) is 0 Å². The molecule has 0 aromatic carbocycles. The fourth-order valence-corrected chi connectivity index (χ4v) is 0.377. The molecule has 0 atom stereocenters. The molecule has 0 saturated carbocycles. The lowest BCUT2D eigenvalue weighted by Gasteiger charge is -1.73. The number of H-pyrrole nitrogens is 1. The Kier molecular flexibility index (Phi) is 4.14. The Hall–Kier alpha value is -1.31. The van der Waals surface area contributed by atoms with Crippen LogP contribution in [-0.4, -0.2) is 4.98 Å². The van der Waals surface area contributed by atoms with Crippen LogP contribution in [0.2, 0.25) is 0 Å². The van der Waals surface area contributed by atoms with E-state index in [1.165, 1.54) is 6.07 Å². The fourth-order valence-electron chi connectivity index (χ4n) is 0.377. The van der Waals surface area contributed by atoms with Crippen LogP contribution in [-0.2, 0) is 0 Å². The molecule has 9 heavy (non-hydrogen) atoms. The molecule has 0 unspecified atom stereocenters. The van der Waals surface area contributed by atoms with Crippen LogP contribution in [0.15, 0.2) is 42.3 Å². The van der Waals surface area contributed by atoms with Crippen LogP contribution >= 0.6 is 0 Å². The minimum atomic E-state index is -0.0532. The fraction of sp³-hybridized carbons (Fsp3) is 0. The smallest absolute Gasteiger partial charge is 0.247 e. The molecule has 2 nitrogen and oxygen atoms in total. The molecule has 1 heterocycles. The summed E-state index contributed by atoms with van der Waals surface area (Å²) in [7, 11) is 0. The summed E-state index contributed by atoms with van der Waals surface area (Å²) in [5, 5.41) is 0. The average Bonchev–Trinajstić information content (AvgIpc) is 1.94. The molecule has 0 saturated heterocycles. The summed E-state index contributed by atoms with van der Waals surface area (Å²) in [6.45, 7) is 6.00. The summed E-state index contributed by atoms with van der Waals surface area (Å²) in [6.07, 6.45) is 1.60. The summed E-state index contributed by atoms with van der Waals surface area (Å²) < 4.78 is 0. The minimum Gasteiger partial charge on any atom is -0.329 e. The van der Waals surface area contributed by atoms with Gasteiger partial charge in [0.2, 0.25) is 5.56 Å². The predicted molar refractivity (Wildman–Crippen MR) is 38.3 cm³/mol. The molecule has 0 spiro atoms. The third kappa shape index (κ3) is 3.29. The first-order valence-corrected chi connectivity index (χ1v) is 2.53. The number of aromatic amines is 1. The van der Waals surface area contributed by atoms with Crippen LogP contribution in [0.5, 0.6) is 0 Å². The number of nitrogens with one attached hydrogen (secondary N) is 1. The van der Waals surface area contributed by atoms with Gasteiger partial charge in [-0.05, 0) is 6.07 Å². The Morgan fingerprint density at radius 3 is 2.22 bits per heavy atom. The van der Waals surface area contributed by atoms with Crippen LogP contribution in [0.1, 0.15) is 0 Å². The number of hydrogen-bond donors (Lipinski definition) is 1. The van der Waals surface area contributed by atoms with Gasteiger partial charge in [0.25, 0.3) is 0 Å². The molecule has 0 amide bonds. The van der Waals surface area contributed by atoms with E-state index in [1.54, 1.807) is 18.3 Å². The normalized spacial score (nSPS) is 7.11. The van der Waals surface area contributed by atoms with E-state index in [9.17, 15) is 4.79 Å². The van der Waals surface area contributed by atoms with Gasteiger partial charge in [-0.3, -0.25) is 4.79 Å². The molecule has 0 bridgehead atoms. The zero-order chi connectivity index (χ0) is 7.11. The van der Waals surface area contributed by atoms with Crippen LogP contribution in [0, 0.1) is 0 Å². The Morgan fingerprint density at radius 1 is 1.33 bits per heavy atom. The maximum atomic E-state index is 10.2. The van der Waals surface area contributed by atoms with E-state index < -0.39 is 0 Å².